The minimum absolute atomic E-state index is 0.0248. The number of aryl methyl sites for hydroxylation is 1. The molecular weight excluding hydrogens is 599 g/mol. The first-order valence-electron chi connectivity index (χ1n) is 12.7. The van der Waals surface area contributed by atoms with E-state index in [4.69, 9.17) is 4.74 Å². The number of hydrogen-bond donors (Lipinski definition) is 2. The Morgan fingerprint density at radius 2 is 1.97 bits per heavy atom. The normalized spacial score (nSPS) is 25.3. The molecule has 0 aliphatic carbocycles. The molecule has 1 aromatic heterocycles. The average molecular weight is 633 g/mol. The van der Waals surface area contributed by atoms with E-state index in [9.17, 15) is 14.7 Å². The van der Waals surface area contributed by atoms with E-state index in [2.05, 4.69) is 45.9 Å². The minimum atomic E-state index is -2.72. The Bertz CT molecular complexity index is 1300. The molecular formula is C27H33IN4O4Si. The van der Waals surface area contributed by atoms with Gasteiger partial charge in [-0.3, -0.25) is 9.48 Å². The maximum absolute atomic E-state index is 14.3. The Morgan fingerprint density at radius 3 is 2.70 bits per heavy atom. The summed E-state index contributed by atoms with van der Waals surface area (Å²) in [6, 6.07) is 16.1. The minimum Gasteiger partial charge on any atom is -0.432 e. The Hall–Kier alpha value is -2.12. The first kappa shape index (κ1) is 26.5. The highest BCUT2D eigenvalue weighted by Gasteiger charge is 2.66. The highest BCUT2D eigenvalue weighted by atomic mass is 127. The number of nitrogens with zero attached hydrogens (tertiary/aromatic N) is 4. The summed E-state index contributed by atoms with van der Waals surface area (Å²) in [5.41, 5.74) is 2.29. The van der Waals surface area contributed by atoms with Gasteiger partial charge in [-0.2, -0.15) is 0 Å². The first-order valence-corrected chi connectivity index (χ1v) is 16.8. The third-order valence-corrected chi connectivity index (χ3v) is 10.9. The van der Waals surface area contributed by atoms with Crippen molar-refractivity contribution in [3.05, 3.63) is 75.1 Å². The van der Waals surface area contributed by atoms with Crippen molar-refractivity contribution < 1.29 is 19.4 Å². The van der Waals surface area contributed by atoms with Crippen molar-refractivity contribution in [3.63, 3.8) is 0 Å². The number of aliphatic hydroxyl groups excluding tert-OH is 1. The lowest BCUT2D eigenvalue weighted by Crippen LogP contribution is -2.46. The van der Waals surface area contributed by atoms with Crippen molar-refractivity contribution in [2.45, 2.75) is 63.2 Å². The molecule has 5 rings (SSSR count). The first-order chi connectivity index (χ1) is 17.6. The molecule has 1 spiro atoms. The maximum Gasteiger partial charge on any atom is 0.264 e. The molecule has 0 bridgehead atoms. The predicted molar refractivity (Wildman–Crippen MR) is 151 cm³/mol. The average Bonchev–Trinajstić information content (AvgIpc) is 3.49. The number of carbonyl (C=O) groups excluding carboxylic acids is 1. The predicted octanol–water partition coefficient (Wildman–Crippen LogP) is 3.85. The van der Waals surface area contributed by atoms with E-state index in [1.54, 1.807) is 4.68 Å². The molecule has 2 N–H and O–H groups in total. The zero-order valence-electron chi connectivity index (χ0n) is 21.3. The van der Waals surface area contributed by atoms with Crippen molar-refractivity contribution in [1.29, 1.82) is 0 Å². The molecule has 2 aliphatic rings. The molecule has 0 radical (unpaired) electrons. The topological polar surface area (TPSA) is 101 Å². The zero-order chi connectivity index (χ0) is 26.4. The van der Waals surface area contributed by atoms with Crippen LogP contribution in [-0.4, -0.2) is 51.8 Å². The van der Waals surface area contributed by atoms with Crippen molar-refractivity contribution in [2.24, 2.45) is 5.92 Å². The smallest absolute Gasteiger partial charge is 0.264 e. The molecule has 37 heavy (non-hydrogen) atoms. The van der Waals surface area contributed by atoms with E-state index < -0.39 is 13.9 Å². The number of aromatic nitrogens is 3. The van der Waals surface area contributed by atoms with Gasteiger partial charge < -0.3 is 19.5 Å². The highest BCUT2D eigenvalue weighted by Crippen LogP contribution is 2.59. The number of fused-ring (bicyclic) bond motifs is 2. The van der Waals surface area contributed by atoms with Crippen LogP contribution in [0.4, 0.5) is 5.69 Å². The van der Waals surface area contributed by atoms with Crippen LogP contribution in [-0.2, 0) is 34.6 Å². The van der Waals surface area contributed by atoms with Crippen molar-refractivity contribution in [2.75, 3.05) is 11.5 Å². The van der Waals surface area contributed by atoms with Gasteiger partial charge in [-0.05, 0) is 65.9 Å². The summed E-state index contributed by atoms with van der Waals surface area (Å²) in [7, 11) is -2.72. The number of benzene rings is 2. The molecule has 1 saturated heterocycles. The SMILES string of the molecule is C[C@H]1[C@H]([Si](C)(C)O)[C@@H](CCn2cc(CCO)nn2)O[C@]12C(=O)N(Cc1cccc(I)c1)c1ccccc12. The lowest BCUT2D eigenvalue weighted by atomic mass is 9.82. The van der Waals surface area contributed by atoms with Gasteiger partial charge in [0.25, 0.3) is 5.91 Å². The molecule has 3 heterocycles. The number of hydrogen-bond acceptors (Lipinski definition) is 6. The number of para-hydroxylation sites is 1. The van der Waals surface area contributed by atoms with Crippen LogP contribution in [0.5, 0.6) is 0 Å². The van der Waals surface area contributed by atoms with E-state index in [0.29, 0.717) is 25.9 Å². The Labute approximate surface area is 231 Å². The molecule has 2 aromatic carbocycles. The third-order valence-electron chi connectivity index (χ3n) is 7.72. The molecule has 0 unspecified atom stereocenters. The summed E-state index contributed by atoms with van der Waals surface area (Å²) >= 11 is 2.29. The van der Waals surface area contributed by atoms with Crippen LogP contribution in [0.3, 0.4) is 0 Å². The van der Waals surface area contributed by atoms with Gasteiger partial charge in [0, 0.05) is 46.4 Å². The second-order valence-corrected chi connectivity index (χ2v) is 15.9. The zero-order valence-corrected chi connectivity index (χ0v) is 24.5. The van der Waals surface area contributed by atoms with E-state index in [1.165, 1.54) is 0 Å². The molecule has 3 aromatic rings. The van der Waals surface area contributed by atoms with Crippen molar-refractivity contribution >= 4 is 42.5 Å². The van der Waals surface area contributed by atoms with Crippen LogP contribution in [0.2, 0.25) is 18.6 Å². The van der Waals surface area contributed by atoms with E-state index in [1.807, 2.05) is 66.7 Å². The van der Waals surface area contributed by atoms with Gasteiger partial charge >= 0.3 is 0 Å². The molecule has 1 amide bonds. The van der Waals surface area contributed by atoms with Crippen molar-refractivity contribution in [1.82, 2.24) is 15.0 Å². The Morgan fingerprint density at radius 1 is 1.19 bits per heavy atom. The van der Waals surface area contributed by atoms with Crippen molar-refractivity contribution in [3.8, 4) is 0 Å². The quantitative estimate of drug-likeness (QED) is 0.289. The summed E-state index contributed by atoms with van der Waals surface area (Å²) < 4.78 is 9.72. The van der Waals surface area contributed by atoms with Crippen LogP contribution in [0.25, 0.3) is 0 Å². The van der Waals surface area contributed by atoms with E-state index >= 15 is 0 Å². The van der Waals surface area contributed by atoms with Gasteiger partial charge in [0.15, 0.2) is 13.9 Å². The van der Waals surface area contributed by atoms with Gasteiger partial charge in [0.1, 0.15) is 0 Å². The van der Waals surface area contributed by atoms with Gasteiger partial charge in [-0.25, -0.2) is 0 Å². The molecule has 10 heteroatoms. The number of aliphatic hydroxyl groups is 1. The van der Waals surface area contributed by atoms with Gasteiger partial charge in [0.2, 0.25) is 0 Å². The van der Waals surface area contributed by atoms with Crippen LogP contribution >= 0.6 is 22.6 Å². The lowest BCUT2D eigenvalue weighted by Gasteiger charge is -2.32. The Kier molecular flexibility index (Phi) is 7.31. The number of amides is 1. The van der Waals surface area contributed by atoms with Crippen LogP contribution in [0.15, 0.2) is 54.7 Å². The largest absolute Gasteiger partial charge is 0.432 e. The van der Waals surface area contributed by atoms with E-state index in [-0.39, 0.29) is 30.1 Å². The second kappa shape index (κ2) is 10.2. The fraction of sp³-hybridized carbons (Fsp3) is 0.444. The molecule has 1 fully saturated rings. The fourth-order valence-electron chi connectivity index (χ4n) is 6.21. The molecule has 8 nitrogen and oxygen atoms in total. The summed E-state index contributed by atoms with van der Waals surface area (Å²) in [6.07, 6.45) is 2.59. The number of rotatable bonds is 8. The second-order valence-electron chi connectivity index (χ2n) is 10.6. The molecule has 196 valence electrons. The summed E-state index contributed by atoms with van der Waals surface area (Å²) in [5, 5.41) is 17.5. The number of anilines is 1. The van der Waals surface area contributed by atoms with Crippen LogP contribution in [0, 0.1) is 9.49 Å². The number of carbonyl (C=O) groups is 1. The van der Waals surface area contributed by atoms with Gasteiger partial charge in [-0.15, -0.1) is 5.10 Å². The van der Waals surface area contributed by atoms with Gasteiger partial charge in [0.05, 0.1) is 24.0 Å². The summed E-state index contributed by atoms with van der Waals surface area (Å²) in [6.45, 7) is 6.98. The van der Waals surface area contributed by atoms with Gasteiger partial charge in [-0.1, -0.05) is 42.5 Å². The standard InChI is InChI=1S/C27H33IN4O4Si/c1-18-25(37(2,3)35)24(11-13-31-17-21(12-14-33)29-30-31)36-27(18)22-9-4-5-10-23(22)32(26(27)34)16-19-7-6-8-20(28)15-19/h4-10,15,17-18,24-25,33,35H,11-14,16H2,1-3H3/t18-,24+,25-,27+/m0/s1. The highest BCUT2D eigenvalue weighted by molar-refractivity contribution is 14.1. The maximum atomic E-state index is 14.3. The number of halogens is 1. The lowest BCUT2D eigenvalue weighted by molar-refractivity contribution is -0.146. The molecule has 4 atom stereocenters. The molecule has 2 aliphatic heterocycles. The Balaban J connectivity index is 1.48. The van der Waals surface area contributed by atoms with Crippen LogP contribution < -0.4 is 4.90 Å². The monoisotopic (exact) mass is 632 g/mol. The number of ether oxygens (including phenoxy) is 1. The molecule has 0 saturated carbocycles. The fourth-order valence-corrected chi connectivity index (χ4v) is 9.42. The van der Waals surface area contributed by atoms with E-state index in [0.717, 1.165) is 26.1 Å². The third kappa shape index (κ3) is 4.78. The van der Waals surface area contributed by atoms with Crippen LogP contribution in [0.1, 0.15) is 30.2 Å². The summed E-state index contributed by atoms with van der Waals surface area (Å²) in [4.78, 5) is 27.6. The summed E-state index contributed by atoms with van der Waals surface area (Å²) in [5.74, 6) is -0.253.